The molecule has 8 nitrogen and oxygen atoms in total. The molecule has 3 rings (SSSR count). The van der Waals surface area contributed by atoms with E-state index in [-0.39, 0.29) is 23.8 Å². The number of carbonyl (C=O) groups is 4. The molecule has 1 heterocycles. The van der Waals surface area contributed by atoms with E-state index in [9.17, 15) is 19.2 Å². The number of carbonyl (C=O) groups excluding carboxylic acids is 4. The van der Waals surface area contributed by atoms with Gasteiger partial charge in [0.05, 0.1) is 28.2 Å². The van der Waals surface area contributed by atoms with Crippen molar-refractivity contribution in [3.05, 3.63) is 75.1 Å². The Hall–Kier alpha value is -3.21. The van der Waals surface area contributed by atoms with Gasteiger partial charge in [0, 0.05) is 13.0 Å². The summed E-state index contributed by atoms with van der Waals surface area (Å²) < 4.78 is 5.17. The zero-order valence-corrected chi connectivity index (χ0v) is 21.8. The molecule has 0 saturated carbocycles. The van der Waals surface area contributed by atoms with E-state index in [1.54, 1.807) is 59.5 Å². The van der Waals surface area contributed by atoms with Crippen LogP contribution in [0.15, 0.2) is 53.4 Å². The third-order valence-corrected chi connectivity index (χ3v) is 6.93. The summed E-state index contributed by atoms with van der Waals surface area (Å²) in [5, 5.41) is 0.297. The Kier molecular flexibility index (Phi) is 10.0. The highest BCUT2D eigenvalue weighted by Gasteiger charge is 2.31. The minimum absolute atomic E-state index is 0.165. The number of methoxy groups -OCH3 is 1. The molecule has 2 aromatic rings. The molecule has 3 amide bonds. The second-order valence-corrected chi connectivity index (χ2v) is 9.82. The normalized spacial score (nSPS) is 14.2. The van der Waals surface area contributed by atoms with Crippen LogP contribution in [0.3, 0.4) is 0 Å². The molecule has 1 aliphatic heterocycles. The fourth-order valence-corrected chi connectivity index (χ4v) is 4.84. The molecule has 11 heteroatoms. The van der Waals surface area contributed by atoms with Gasteiger partial charge in [0.1, 0.15) is 4.32 Å². The molecule has 36 heavy (non-hydrogen) atoms. The second-order valence-electron chi connectivity index (χ2n) is 7.74. The highest BCUT2D eigenvalue weighted by atomic mass is 35.5. The number of thiocarbonyl (C=S) groups is 1. The molecule has 1 saturated heterocycles. The van der Waals surface area contributed by atoms with Crippen molar-refractivity contribution >= 4 is 69.7 Å². The summed E-state index contributed by atoms with van der Waals surface area (Å²) in [6.45, 7) is 0.453. The first-order chi connectivity index (χ1) is 17.3. The molecule has 2 aromatic carbocycles. The molecule has 188 valence electrons. The average Bonchev–Trinajstić information content (AvgIpc) is 3.14. The molecule has 0 bridgehead atoms. The molecule has 2 N–H and O–H groups in total. The van der Waals surface area contributed by atoms with Gasteiger partial charge >= 0.3 is 5.97 Å². The van der Waals surface area contributed by atoms with E-state index < -0.39 is 11.9 Å². The van der Waals surface area contributed by atoms with Crippen LogP contribution in [0.5, 0.6) is 0 Å². The number of hydrogen-bond donors (Lipinski definition) is 2. The van der Waals surface area contributed by atoms with E-state index in [1.807, 2.05) is 0 Å². The van der Waals surface area contributed by atoms with Crippen molar-refractivity contribution in [2.24, 2.45) is 0 Å². The number of thioether (sulfide) groups is 1. The number of ether oxygens (including phenoxy) is 1. The van der Waals surface area contributed by atoms with Crippen LogP contribution in [0.25, 0.3) is 6.08 Å². The molecule has 1 fully saturated rings. The van der Waals surface area contributed by atoms with Gasteiger partial charge in [-0.1, -0.05) is 66.3 Å². The maximum atomic E-state index is 12.8. The molecular formula is C25H24ClN3O5S2. The number of hydrogen-bond acceptors (Lipinski definition) is 7. The van der Waals surface area contributed by atoms with Gasteiger partial charge in [-0.05, 0) is 48.7 Å². The summed E-state index contributed by atoms with van der Waals surface area (Å²) >= 11 is 12.6. The number of benzene rings is 2. The molecule has 0 spiro atoms. The number of nitrogens with zero attached hydrogens (tertiary/aromatic N) is 1. The van der Waals surface area contributed by atoms with Gasteiger partial charge in [0.15, 0.2) is 0 Å². The van der Waals surface area contributed by atoms with Crippen LogP contribution in [-0.4, -0.2) is 46.6 Å². The van der Waals surface area contributed by atoms with Gasteiger partial charge in [-0.2, -0.15) is 0 Å². The standard InChI is InChI=1S/C25H24ClN3O5S2/c1-34-24(33)17-12-10-16(11-13-17)15-20-23(32)29(25(35)36-20)14-6-2-3-9-21(30)27-28-22(31)18-7-4-5-8-19(18)26/h4-5,7-8,10-13,15H,2-3,6,9,14H2,1H3,(H,27,30)(H,28,31). The van der Waals surface area contributed by atoms with Crippen LogP contribution in [-0.2, 0) is 14.3 Å². The number of esters is 1. The van der Waals surface area contributed by atoms with Crippen LogP contribution >= 0.6 is 35.6 Å². The lowest BCUT2D eigenvalue weighted by Crippen LogP contribution is -2.41. The summed E-state index contributed by atoms with van der Waals surface area (Å²) in [7, 11) is 1.32. The van der Waals surface area contributed by atoms with Gasteiger partial charge in [0.25, 0.3) is 11.8 Å². The minimum Gasteiger partial charge on any atom is -0.465 e. The summed E-state index contributed by atoms with van der Waals surface area (Å²) in [4.78, 5) is 50.5. The Bertz CT molecular complexity index is 1200. The summed E-state index contributed by atoms with van der Waals surface area (Å²) in [5.41, 5.74) is 6.20. The van der Waals surface area contributed by atoms with Crippen molar-refractivity contribution in [1.29, 1.82) is 0 Å². The van der Waals surface area contributed by atoms with Crippen molar-refractivity contribution in [2.75, 3.05) is 13.7 Å². The van der Waals surface area contributed by atoms with Gasteiger partial charge in [0.2, 0.25) is 5.91 Å². The summed E-state index contributed by atoms with van der Waals surface area (Å²) in [6.07, 6.45) is 3.93. The summed E-state index contributed by atoms with van der Waals surface area (Å²) in [6, 6.07) is 13.3. The van der Waals surface area contributed by atoms with Crippen LogP contribution in [0.1, 0.15) is 52.0 Å². The zero-order chi connectivity index (χ0) is 26.1. The maximum absolute atomic E-state index is 12.8. The smallest absolute Gasteiger partial charge is 0.337 e. The van der Waals surface area contributed by atoms with Crippen molar-refractivity contribution in [3.8, 4) is 0 Å². The van der Waals surface area contributed by atoms with E-state index in [2.05, 4.69) is 15.6 Å². The largest absolute Gasteiger partial charge is 0.465 e. The van der Waals surface area contributed by atoms with Gasteiger partial charge in [-0.25, -0.2) is 4.79 Å². The molecular weight excluding hydrogens is 522 g/mol. The summed E-state index contributed by atoms with van der Waals surface area (Å²) in [5.74, 6) is -1.40. The Morgan fingerprint density at radius 3 is 2.47 bits per heavy atom. The van der Waals surface area contributed by atoms with Crippen molar-refractivity contribution in [3.63, 3.8) is 0 Å². The molecule has 0 radical (unpaired) electrons. The zero-order valence-electron chi connectivity index (χ0n) is 19.4. The minimum atomic E-state index is -0.490. The first-order valence-electron chi connectivity index (χ1n) is 11.1. The Balaban J connectivity index is 1.39. The van der Waals surface area contributed by atoms with Crippen LogP contribution < -0.4 is 10.9 Å². The van der Waals surface area contributed by atoms with Crippen molar-refractivity contribution in [2.45, 2.75) is 25.7 Å². The van der Waals surface area contributed by atoms with E-state index >= 15 is 0 Å². The predicted octanol–water partition coefficient (Wildman–Crippen LogP) is 4.35. The monoisotopic (exact) mass is 545 g/mol. The number of halogens is 1. The van der Waals surface area contributed by atoms with Gasteiger partial charge < -0.3 is 4.74 Å². The van der Waals surface area contributed by atoms with Crippen molar-refractivity contribution < 1.29 is 23.9 Å². The Labute approximate surface area is 223 Å². The maximum Gasteiger partial charge on any atom is 0.337 e. The third-order valence-electron chi connectivity index (χ3n) is 5.22. The first kappa shape index (κ1) is 27.4. The Morgan fingerprint density at radius 1 is 1.06 bits per heavy atom. The van der Waals surface area contributed by atoms with Gasteiger partial charge in [-0.15, -0.1) is 0 Å². The van der Waals surface area contributed by atoms with Crippen LogP contribution in [0, 0.1) is 0 Å². The van der Waals surface area contributed by atoms with E-state index in [4.69, 9.17) is 23.8 Å². The molecule has 1 aliphatic rings. The highest BCUT2D eigenvalue weighted by molar-refractivity contribution is 8.26. The molecule has 0 unspecified atom stereocenters. The number of nitrogens with one attached hydrogen (secondary N) is 2. The number of unbranched alkanes of at least 4 members (excludes halogenated alkanes) is 2. The topological polar surface area (TPSA) is 105 Å². The van der Waals surface area contributed by atoms with E-state index in [0.717, 1.165) is 5.56 Å². The number of rotatable bonds is 9. The predicted molar refractivity (Wildman–Crippen MR) is 143 cm³/mol. The lowest BCUT2D eigenvalue weighted by Gasteiger charge is -2.14. The van der Waals surface area contributed by atoms with Crippen LogP contribution in [0.4, 0.5) is 0 Å². The van der Waals surface area contributed by atoms with E-state index in [1.165, 1.54) is 18.9 Å². The Morgan fingerprint density at radius 2 is 1.78 bits per heavy atom. The first-order valence-corrected chi connectivity index (χ1v) is 12.7. The number of amides is 3. The lowest BCUT2D eigenvalue weighted by atomic mass is 10.1. The quantitative estimate of drug-likeness (QED) is 0.159. The molecule has 0 atom stereocenters. The number of hydrazine groups is 1. The van der Waals surface area contributed by atoms with E-state index in [0.29, 0.717) is 45.6 Å². The second kappa shape index (κ2) is 13.2. The molecule has 0 aromatic heterocycles. The lowest BCUT2D eigenvalue weighted by molar-refractivity contribution is -0.123. The molecule has 0 aliphatic carbocycles. The highest BCUT2D eigenvalue weighted by Crippen LogP contribution is 2.32. The fraction of sp³-hybridized carbons (Fsp3) is 0.240. The van der Waals surface area contributed by atoms with Gasteiger partial charge in [-0.3, -0.25) is 30.1 Å². The van der Waals surface area contributed by atoms with Crippen molar-refractivity contribution in [1.82, 2.24) is 15.8 Å². The third kappa shape index (κ3) is 7.39. The van der Waals surface area contributed by atoms with Crippen LogP contribution in [0.2, 0.25) is 5.02 Å². The fourth-order valence-electron chi connectivity index (χ4n) is 3.31. The SMILES string of the molecule is COC(=O)c1ccc(C=C2SC(=S)N(CCCCCC(=O)NNC(=O)c3ccccc3Cl)C2=O)cc1. The average molecular weight is 546 g/mol.